The van der Waals surface area contributed by atoms with Crippen LogP contribution in [-0.2, 0) is 9.53 Å². The fraction of sp³-hybridized carbons (Fsp3) is 0.833. The predicted octanol–water partition coefficient (Wildman–Crippen LogP) is -0.302. The summed E-state index contributed by atoms with van der Waals surface area (Å²) in [7, 11) is 3.09. The van der Waals surface area contributed by atoms with Gasteiger partial charge in [-0.15, -0.1) is 0 Å². The van der Waals surface area contributed by atoms with Gasteiger partial charge in [0.25, 0.3) is 0 Å². The minimum Gasteiger partial charge on any atom is -0.481 e. The highest BCUT2D eigenvalue weighted by Crippen LogP contribution is 2.24. The zero-order valence-corrected chi connectivity index (χ0v) is 11.6. The molecule has 1 heterocycles. The Labute approximate surface area is 112 Å². The van der Waals surface area contributed by atoms with E-state index in [1.165, 1.54) is 12.0 Å². The van der Waals surface area contributed by atoms with Crippen LogP contribution in [0.1, 0.15) is 6.92 Å². The van der Waals surface area contributed by atoms with E-state index < -0.39 is 18.0 Å². The number of carboxylic acid groups (broad SMARTS) is 1. The van der Waals surface area contributed by atoms with Crippen LogP contribution in [0.15, 0.2) is 0 Å². The molecule has 0 radical (unpaired) electrons. The first-order valence-electron chi connectivity index (χ1n) is 6.26. The van der Waals surface area contributed by atoms with Gasteiger partial charge in [0.05, 0.1) is 25.2 Å². The number of amides is 2. The molecule has 0 spiro atoms. The highest BCUT2D eigenvalue weighted by molar-refractivity contribution is 5.76. The highest BCUT2D eigenvalue weighted by Gasteiger charge is 2.38. The molecule has 110 valence electrons. The molecule has 7 heteroatoms. The van der Waals surface area contributed by atoms with E-state index in [-0.39, 0.29) is 25.1 Å². The fourth-order valence-electron chi connectivity index (χ4n) is 2.07. The lowest BCUT2D eigenvalue weighted by Gasteiger charge is -2.43. The average Bonchev–Trinajstić information content (AvgIpc) is 2.26. The van der Waals surface area contributed by atoms with Gasteiger partial charge in [-0.25, -0.2) is 4.79 Å². The average molecular weight is 274 g/mol. The second kappa shape index (κ2) is 6.72. The van der Waals surface area contributed by atoms with Crippen molar-refractivity contribution >= 4 is 12.0 Å². The van der Waals surface area contributed by atoms with E-state index in [0.29, 0.717) is 13.1 Å². The van der Waals surface area contributed by atoms with Crippen molar-refractivity contribution in [2.45, 2.75) is 13.0 Å². The van der Waals surface area contributed by atoms with Gasteiger partial charge in [-0.2, -0.15) is 0 Å². The van der Waals surface area contributed by atoms with Gasteiger partial charge in [-0.05, 0) is 0 Å². The van der Waals surface area contributed by atoms with Crippen LogP contribution >= 0.6 is 0 Å². The summed E-state index contributed by atoms with van der Waals surface area (Å²) in [4.78, 5) is 25.8. The van der Waals surface area contributed by atoms with Crippen molar-refractivity contribution in [2.24, 2.45) is 11.8 Å². The minimum atomic E-state index is -0.832. The molecule has 0 aromatic rings. The number of carboxylic acids is 1. The summed E-state index contributed by atoms with van der Waals surface area (Å²) < 4.78 is 4.79. The number of nitrogens with zero attached hydrogens (tertiary/aromatic N) is 2. The van der Waals surface area contributed by atoms with E-state index in [1.807, 2.05) is 0 Å². The molecule has 1 saturated heterocycles. The van der Waals surface area contributed by atoms with Gasteiger partial charge >= 0.3 is 12.0 Å². The normalized spacial score (nSPS) is 18.6. The first-order valence-corrected chi connectivity index (χ1v) is 6.26. The Morgan fingerprint density at radius 2 is 2.05 bits per heavy atom. The molecule has 19 heavy (non-hydrogen) atoms. The van der Waals surface area contributed by atoms with E-state index in [9.17, 15) is 14.7 Å². The topological polar surface area (TPSA) is 90.3 Å². The van der Waals surface area contributed by atoms with Gasteiger partial charge < -0.3 is 24.7 Å². The van der Waals surface area contributed by atoms with Gasteiger partial charge in [0.1, 0.15) is 0 Å². The molecule has 1 rings (SSSR count). The van der Waals surface area contributed by atoms with Crippen LogP contribution in [0.2, 0.25) is 0 Å². The third kappa shape index (κ3) is 4.07. The number of methoxy groups -OCH3 is 1. The molecule has 1 aliphatic heterocycles. The van der Waals surface area contributed by atoms with Crippen LogP contribution < -0.4 is 0 Å². The molecule has 2 unspecified atom stereocenters. The third-order valence-corrected chi connectivity index (χ3v) is 3.45. The second-order valence-corrected chi connectivity index (χ2v) is 5.06. The number of likely N-dealkylation sites (tertiary alicyclic amines) is 1. The minimum absolute atomic E-state index is 0.0127. The maximum Gasteiger partial charge on any atom is 0.319 e. The van der Waals surface area contributed by atoms with Crippen molar-refractivity contribution in [1.82, 2.24) is 9.80 Å². The Kier molecular flexibility index (Phi) is 5.56. The van der Waals surface area contributed by atoms with Gasteiger partial charge in [-0.3, -0.25) is 4.79 Å². The summed E-state index contributed by atoms with van der Waals surface area (Å²) >= 11 is 0. The van der Waals surface area contributed by atoms with Crippen LogP contribution in [0.4, 0.5) is 4.79 Å². The summed E-state index contributed by atoms with van der Waals surface area (Å²) in [6.45, 7) is 2.94. The van der Waals surface area contributed by atoms with Gasteiger partial charge in [0.15, 0.2) is 0 Å². The quantitative estimate of drug-likeness (QED) is 0.694. The molecule has 0 saturated carbocycles. The monoisotopic (exact) mass is 274 g/mol. The molecule has 1 aliphatic rings. The van der Waals surface area contributed by atoms with Crippen LogP contribution in [-0.4, -0.2) is 78.5 Å². The Morgan fingerprint density at radius 3 is 2.53 bits per heavy atom. The largest absolute Gasteiger partial charge is 0.481 e. The molecule has 2 N–H and O–H groups in total. The highest BCUT2D eigenvalue weighted by atomic mass is 16.5. The Hall–Kier alpha value is -1.34. The number of hydrogen-bond acceptors (Lipinski definition) is 4. The second-order valence-electron chi connectivity index (χ2n) is 5.06. The van der Waals surface area contributed by atoms with Crippen molar-refractivity contribution in [3.05, 3.63) is 0 Å². The molecule has 0 aromatic carbocycles. The number of carbonyl (C=O) groups is 2. The Morgan fingerprint density at radius 1 is 1.47 bits per heavy atom. The molecular weight excluding hydrogens is 252 g/mol. The van der Waals surface area contributed by atoms with Crippen molar-refractivity contribution in [1.29, 1.82) is 0 Å². The van der Waals surface area contributed by atoms with Crippen molar-refractivity contribution < 1.29 is 24.5 Å². The smallest absolute Gasteiger partial charge is 0.319 e. The number of ether oxygens (including phenoxy) is 1. The third-order valence-electron chi connectivity index (χ3n) is 3.45. The van der Waals surface area contributed by atoms with E-state index in [2.05, 4.69) is 0 Å². The zero-order chi connectivity index (χ0) is 14.6. The number of urea groups is 1. The zero-order valence-electron chi connectivity index (χ0n) is 11.6. The van der Waals surface area contributed by atoms with Crippen molar-refractivity contribution in [3.8, 4) is 0 Å². The van der Waals surface area contributed by atoms with E-state index >= 15 is 0 Å². The molecule has 1 fully saturated rings. The summed E-state index contributed by atoms with van der Waals surface area (Å²) in [5.74, 6) is -1.26. The molecule has 0 aromatic heterocycles. The molecule has 7 nitrogen and oxygen atoms in total. The van der Waals surface area contributed by atoms with Gasteiger partial charge in [-0.1, -0.05) is 6.92 Å². The van der Waals surface area contributed by atoms with Crippen LogP contribution in [0.25, 0.3) is 0 Å². The number of aliphatic carboxylic acids is 1. The van der Waals surface area contributed by atoms with E-state index in [0.717, 1.165) is 0 Å². The lowest BCUT2D eigenvalue weighted by atomic mass is 9.87. The number of rotatable bonds is 6. The van der Waals surface area contributed by atoms with E-state index in [1.54, 1.807) is 18.9 Å². The van der Waals surface area contributed by atoms with Crippen LogP contribution in [0, 0.1) is 11.8 Å². The summed E-state index contributed by atoms with van der Waals surface area (Å²) in [6, 6.07) is -0.191. The SMILES string of the molecule is COCC(O)CN(C)C(=O)N1CC(C(C)C(=O)O)C1. The molecular formula is C12H22N2O5. The number of aliphatic hydroxyl groups excluding tert-OH is 1. The molecule has 2 atom stereocenters. The number of carbonyl (C=O) groups excluding carboxylic acids is 1. The summed E-state index contributed by atoms with van der Waals surface area (Å²) in [5.41, 5.74) is 0. The molecule has 0 aliphatic carbocycles. The number of aliphatic hydroxyl groups is 1. The fourth-order valence-corrected chi connectivity index (χ4v) is 2.07. The van der Waals surface area contributed by atoms with Crippen LogP contribution in [0.5, 0.6) is 0 Å². The van der Waals surface area contributed by atoms with Crippen molar-refractivity contribution in [2.75, 3.05) is 40.4 Å². The maximum absolute atomic E-state index is 12.0. The lowest BCUT2D eigenvalue weighted by Crippen LogP contribution is -2.57. The summed E-state index contributed by atoms with van der Waals surface area (Å²) in [6.07, 6.45) is -0.714. The first-order chi connectivity index (χ1) is 8.86. The van der Waals surface area contributed by atoms with Crippen molar-refractivity contribution in [3.63, 3.8) is 0 Å². The van der Waals surface area contributed by atoms with E-state index in [4.69, 9.17) is 9.84 Å². The standard InChI is InChI=1S/C12H22N2O5/c1-8(11(16)17)9-4-14(5-9)12(18)13(2)6-10(15)7-19-3/h8-10,15H,4-7H2,1-3H3,(H,16,17). The van der Waals surface area contributed by atoms with Gasteiger partial charge in [0, 0.05) is 33.2 Å². The molecule has 0 bridgehead atoms. The van der Waals surface area contributed by atoms with Gasteiger partial charge in [0.2, 0.25) is 0 Å². The van der Waals surface area contributed by atoms with Crippen LogP contribution in [0.3, 0.4) is 0 Å². The Bertz CT molecular complexity index is 330. The lowest BCUT2D eigenvalue weighted by molar-refractivity contribution is -0.144. The first kappa shape index (κ1) is 15.7. The predicted molar refractivity (Wildman–Crippen MR) is 67.8 cm³/mol. The number of likely N-dealkylation sites (N-methyl/N-ethyl adjacent to an activating group) is 1. The summed E-state index contributed by atoms with van der Waals surface area (Å²) in [5, 5.41) is 18.4. The number of hydrogen-bond donors (Lipinski definition) is 2. The molecule has 2 amide bonds. The maximum atomic E-state index is 12.0. The Balaban J connectivity index is 2.34.